The Kier molecular flexibility index (Phi) is 4.65. The van der Waals surface area contributed by atoms with Crippen LogP contribution in [0.2, 0.25) is 0 Å². The highest BCUT2D eigenvalue weighted by molar-refractivity contribution is 5.97. The highest BCUT2D eigenvalue weighted by atomic mass is 16.3. The molecule has 20 heavy (non-hydrogen) atoms. The van der Waals surface area contributed by atoms with Crippen LogP contribution in [0.5, 0.6) is 0 Å². The van der Waals surface area contributed by atoms with Gasteiger partial charge in [0.05, 0.1) is 11.3 Å². The quantitative estimate of drug-likeness (QED) is 0.725. The molecule has 0 radical (unpaired) electrons. The molecule has 0 spiro atoms. The molecule has 1 aromatic heterocycles. The van der Waals surface area contributed by atoms with E-state index >= 15 is 0 Å². The Balaban J connectivity index is 1.95. The first-order valence-corrected chi connectivity index (χ1v) is 7.37. The van der Waals surface area contributed by atoms with Gasteiger partial charge >= 0.3 is 0 Å². The van der Waals surface area contributed by atoms with Crippen LogP contribution in [0.1, 0.15) is 55.9 Å². The van der Waals surface area contributed by atoms with Crippen LogP contribution in [0.25, 0.3) is 0 Å². The van der Waals surface area contributed by atoms with Gasteiger partial charge < -0.3 is 16.2 Å². The molecule has 1 heterocycles. The summed E-state index contributed by atoms with van der Waals surface area (Å²) in [5, 5.41) is 17.4. The van der Waals surface area contributed by atoms with Gasteiger partial charge in [-0.15, -0.1) is 0 Å². The zero-order valence-electron chi connectivity index (χ0n) is 12.1. The van der Waals surface area contributed by atoms with Crippen LogP contribution < -0.4 is 11.1 Å². The molecular formula is C14H24N4O2. The molecule has 0 saturated heterocycles. The van der Waals surface area contributed by atoms with Gasteiger partial charge in [0, 0.05) is 19.3 Å². The van der Waals surface area contributed by atoms with Crippen molar-refractivity contribution in [2.45, 2.75) is 57.6 Å². The molecule has 0 unspecified atom stereocenters. The number of aryl methyl sites for hydroxylation is 1. The molecule has 0 bridgehead atoms. The van der Waals surface area contributed by atoms with E-state index < -0.39 is 5.60 Å². The Morgan fingerprint density at radius 2 is 2.10 bits per heavy atom. The van der Waals surface area contributed by atoms with E-state index in [0.29, 0.717) is 12.2 Å². The van der Waals surface area contributed by atoms with E-state index in [1.165, 1.54) is 0 Å². The first-order chi connectivity index (χ1) is 9.54. The van der Waals surface area contributed by atoms with Gasteiger partial charge in [-0.25, -0.2) is 0 Å². The van der Waals surface area contributed by atoms with Gasteiger partial charge in [0.2, 0.25) is 0 Å². The lowest BCUT2D eigenvalue weighted by molar-refractivity contribution is 0.0246. The number of carbonyl (C=O) groups is 1. The van der Waals surface area contributed by atoms with E-state index in [-0.39, 0.29) is 18.1 Å². The van der Waals surface area contributed by atoms with Gasteiger partial charge in [-0.2, -0.15) is 5.10 Å². The van der Waals surface area contributed by atoms with E-state index in [2.05, 4.69) is 10.4 Å². The topological polar surface area (TPSA) is 93.2 Å². The molecule has 1 fully saturated rings. The lowest BCUT2D eigenvalue weighted by Gasteiger charge is -2.26. The minimum Gasteiger partial charge on any atom is -0.396 e. The number of nitrogen functional groups attached to an aromatic ring is 1. The molecule has 0 atom stereocenters. The summed E-state index contributed by atoms with van der Waals surface area (Å²) >= 11 is 0. The smallest absolute Gasteiger partial charge is 0.274 e. The maximum Gasteiger partial charge on any atom is 0.274 e. The number of carbonyl (C=O) groups excluding carboxylic acids is 1. The van der Waals surface area contributed by atoms with Crippen LogP contribution in [-0.2, 0) is 6.54 Å². The summed E-state index contributed by atoms with van der Waals surface area (Å²) in [6, 6.07) is 0. The number of nitrogens with one attached hydrogen (secondary N) is 1. The van der Waals surface area contributed by atoms with Crippen molar-refractivity contribution in [3.8, 4) is 0 Å². The van der Waals surface area contributed by atoms with Crippen molar-refractivity contribution in [1.29, 1.82) is 0 Å². The molecule has 6 nitrogen and oxygen atoms in total. The first kappa shape index (κ1) is 14.8. The second-order valence-electron chi connectivity index (χ2n) is 5.61. The minimum atomic E-state index is -0.783. The Labute approximate surface area is 119 Å². The second-order valence-corrected chi connectivity index (χ2v) is 5.61. The molecule has 6 heteroatoms. The molecule has 0 aromatic carbocycles. The van der Waals surface area contributed by atoms with Crippen molar-refractivity contribution in [2.24, 2.45) is 0 Å². The van der Waals surface area contributed by atoms with E-state index in [0.717, 1.165) is 38.5 Å². The molecule has 1 aliphatic rings. The fourth-order valence-corrected chi connectivity index (χ4v) is 2.67. The van der Waals surface area contributed by atoms with Gasteiger partial charge in [0.1, 0.15) is 0 Å². The third kappa shape index (κ3) is 3.50. The Morgan fingerprint density at radius 3 is 2.65 bits per heavy atom. The van der Waals surface area contributed by atoms with Crippen molar-refractivity contribution in [1.82, 2.24) is 15.1 Å². The van der Waals surface area contributed by atoms with Crippen LogP contribution in [-0.4, -0.2) is 32.9 Å². The number of aromatic nitrogens is 2. The Bertz CT molecular complexity index is 462. The van der Waals surface area contributed by atoms with Crippen LogP contribution in [0.4, 0.5) is 5.69 Å². The molecule has 4 N–H and O–H groups in total. The predicted octanol–water partition coefficient (Wildman–Crippen LogP) is 1.30. The average Bonchev–Trinajstić information content (AvgIpc) is 2.67. The van der Waals surface area contributed by atoms with Gasteiger partial charge in [-0.05, 0) is 19.8 Å². The van der Waals surface area contributed by atoms with Gasteiger partial charge in [0.25, 0.3) is 5.91 Å². The molecule has 1 aliphatic carbocycles. The fraction of sp³-hybridized carbons (Fsp3) is 0.714. The fourth-order valence-electron chi connectivity index (χ4n) is 2.67. The molecule has 1 amide bonds. The van der Waals surface area contributed by atoms with Gasteiger partial charge in [0.15, 0.2) is 5.69 Å². The zero-order valence-corrected chi connectivity index (χ0v) is 12.1. The third-order valence-electron chi connectivity index (χ3n) is 3.94. The summed E-state index contributed by atoms with van der Waals surface area (Å²) in [7, 11) is 0. The molecule has 112 valence electrons. The van der Waals surface area contributed by atoms with Crippen molar-refractivity contribution in [3.05, 3.63) is 11.9 Å². The van der Waals surface area contributed by atoms with Crippen molar-refractivity contribution in [3.63, 3.8) is 0 Å². The maximum absolute atomic E-state index is 12.1. The maximum atomic E-state index is 12.1. The molecule has 1 aromatic rings. The lowest BCUT2D eigenvalue weighted by Crippen LogP contribution is -2.42. The van der Waals surface area contributed by atoms with Gasteiger partial charge in [-0.3, -0.25) is 9.48 Å². The normalized spacial score (nSPS) is 18.5. The first-order valence-electron chi connectivity index (χ1n) is 7.37. The number of nitrogens with two attached hydrogens (primary N) is 1. The molecule has 2 rings (SSSR count). The van der Waals surface area contributed by atoms with Crippen molar-refractivity contribution < 1.29 is 9.90 Å². The van der Waals surface area contributed by atoms with Crippen molar-refractivity contribution >= 4 is 11.6 Å². The standard InChI is InChI=1S/C14H24N4O2/c1-2-18-9-11(15)12(17-18)13(19)16-10-14(20)7-5-3-4-6-8-14/h9,20H,2-8,10,15H2,1H3,(H,16,19). The highest BCUT2D eigenvalue weighted by Gasteiger charge is 2.29. The molecular weight excluding hydrogens is 256 g/mol. The molecule has 0 aliphatic heterocycles. The molecule has 1 saturated carbocycles. The number of anilines is 1. The monoisotopic (exact) mass is 280 g/mol. The summed E-state index contributed by atoms with van der Waals surface area (Å²) in [5.74, 6) is -0.313. The van der Waals surface area contributed by atoms with Crippen LogP contribution >= 0.6 is 0 Å². The average molecular weight is 280 g/mol. The summed E-state index contributed by atoms with van der Waals surface area (Å²) in [6.45, 7) is 2.87. The second kappa shape index (κ2) is 6.26. The van der Waals surface area contributed by atoms with Crippen LogP contribution in [0.3, 0.4) is 0 Å². The van der Waals surface area contributed by atoms with Crippen LogP contribution in [0.15, 0.2) is 6.20 Å². The highest BCUT2D eigenvalue weighted by Crippen LogP contribution is 2.26. The third-order valence-corrected chi connectivity index (χ3v) is 3.94. The van der Waals surface area contributed by atoms with Crippen molar-refractivity contribution in [2.75, 3.05) is 12.3 Å². The summed E-state index contributed by atoms with van der Waals surface area (Å²) in [4.78, 5) is 12.1. The van der Waals surface area contributed by atoms with E-state index in [4.69, 9.17) is 5.73 Å². The summed E-state index contributed by atoms with van der Waals surface area (Å²) in [6.07, 6.45) is 7.47. The zero-order chi connectivity index (χ0) is 14.6. The van der Waals surface area contributed by atoms with E-state index in [9.17, 15) is 9.90 Å². The minimum absolute atomic E-state index is 0.240. The van der Waals surface area contributed by atoms with E-state index in [1.54, 1.807) is 10.9 Å². The number of amides is 1. The largest absolute Gasteiger partial charge is 0.396 e. The number of hydrogen-bond acceptors (Lipinski definition) is 4. The Morgan fingerprint density at radius 1 is 1.45 bits per heavy atom. The predicted molar refractivity (Wildman–Crippen MR) is 77.3 cm³/mol. The summed E-state index contributed by atoms with van der Waals surface area (Å²) < 4.78 is 1.63. The Hall–Kier alpha value is -1.56. The number of aliphatic hydroxyl groups is 1. The number of nitrogens with zero attached hydrogens (tertiary/aromatic N) is 2. The number of hydrogen-bond donors (Lipinski definition) is 3. The number of rotatable bonds is 4. The lowest BCUT2D eigenvalue weighted by atomic mass is 9.94. The SMILES string of the molecule is CCn1cc(N)c(C(=O)NCC2(O)CCCCCC2)n1. The van der Waals surface area contributed by atoms with E-state index in [1.807, 2.05) is 6.92 Å². The van der Waals surface area contributed by atoms with Gasteiger partial charge in [-0.1, -0.05) is 25.7 Å². The summed E-state index contributed by atoms with van der Waals surface area (Å²) in [5.41, 5.74) is 5.61. The van der Waals surface area contributed by atoms with Crippen LogP contribution in [0, 0.1) is 0 Å².